The predicted octanol–water partition coefficient (Wildman–Crippen LogP) is 13.9. The smallest absolute Gasteiger partial charge is 0.164 e. The normalized spacial score (nSPS) is 14.1. The average molecular weight is 730 g/mol. The van der Waals surface area contributed by atoms with Crippen LogP contribution in [0.1, 0.15) is 23.7 Å². The summed E-state index contributed by atoms with van der Waals surface area (Å²) in [5.74, 6) is 2.15. The minimum Gasteiger partial charge on any atom is -0.456 e. The fourth-order valence-electron chi connectivity index (χ4n) is 8.41. The Morgan fingerprint density at radius 1 is 0.439 bits per heavy atom. The molecule has 4 nitrogen and oxygen atoms in total. The van der Waals surface area contributed by atoms with Gasteiger partial charge in [-0.1, -0.05) is 170 Å². The number of nitrogens with zero attached hydrogens (tertiary/aromatic N) is 3. The van der Waals surface area contributed by atoms with E-state index in [0.29, 0.717) is 17.5 Å². The Morgan fingerprint density at radius 3 is 1.84 bits per heavy atom. The molecule has 0 spiro atoms. The minimum atomic E-state index is 0.263. The van der Waals surface area contributed by atoms with Crippen molar-refractivity contribution in [3.05, 3.63) is 206 Å². The molecular weight excluding hydrogens is 695 g/mol. The van der Waals surface area contributed by atoms with E-state index >= 15 is 0 Å². The molecule has 0 N–H and O–H groups in total. The van der Waals surface area contributed by atoms with Crippen LogP contribution in [-0.4, -0.2) is 15.0 Å². The van der Waals surface area contributed by atoms with Crippen LogP contribution in [-0.2, 0) is 0 Å². The summed E-state index contributed by atoms with van der Waals surface area (Å²) in [4.78, 5) is 15.6. The van der Waals surface area contributed by atoms with Crippen LogP contribution in [0.25, 0.3) is 94.1 Å². The molecule has 57 heavy (non-hydrogen) atoms. The van der Waals surface area contributed by atoms with Crippen molar-refractivity contribution in [1.29, 1.82) is 0 Å². The highest BCUT2D eigenvalue weighted by molar-refractivity contribution is 6.17. The molecule has 2 heterocycles. The molecule has 268 valence electrons. The largest absolute Gasteiger partial charge is 0.456 e. The number of allylic oxidation sites excluding steroid dienone is 4. The standard InChI is InChI=1S/C53H35N3O/c1-3-13-34(14-4-1)35-23-25-36(26-24-35)37-27-29-39(30-28-37)52-54-51(38-15-5-2-6-16-38)55-53(56-52)47-32-41(33-49-50(47)45-21-11-12-22-48(45)57-49)46-31-40-17-7-8-18-42(40)43-19-9-10-20-44(43)46/h1-27,29-33,37H,28H2. The molecule has 11 rings (SSSR count). The molecule has 1 atom stereocenters. The van der Waals surface area contributed by atoms with Gasteiger partial charge in [0, 0.05) is 33.4 Å². The first-order valence-electron chi connectivity index (χ1n) is 19.5. The molecular formula is C53H35N3O. The number of rotatable bonds is 6. The molecule has 1 aliphatic rings. The Morgan fingerprint density at radius 2 is 1.07 bits per heavy atom. The number of furan rings is 1. The zero-order valence-electron chi connectivity index (χ0n) is 31.0. The lowest BCUT2D eigenvalue weighted by Crippen LogP contribution is -2.05. The van der Waals surface area contributed by atoms with Crippen LogP contribution >= 0.6 is 0 Å². The Balaban J connectivity index is 1.06. The average Bonchev–Trinajstić information content (AvgIpc) is 3.68. The topological polar surface area (TPSA) is 51.8 Å². The second kappa shape index (κ2) is 13.7. The van der Waals surface area contributed by atoms with Crippen molar-refractivity contribution in [2.75, 3.05) is 0 Å². The third kappa shape index (κ3) is 5.90. The van der Waals surface area contributed by atoms with Gasteiger partial charge in [0.1, 0.15) is 11.2 Å². The van der Waals surface area contributed by atoms with Crippen molar-refractivity contribution >= 4 is 49.1 Å². The molecule has 4 heteroatoms. The van der Waals surface area contributed by atoms with E-state index in [-0.39, 0.29) is 5.92 Å². The highest BCUT2D eigenvalue weighted by Crippen LogP contribution is 2.43. The summed E-state index contributed by atoms with van der Waals surface area (Å²) in [6, 6.07) is 61.8. The van der Waals surface area contributed by atoms with Gasteiger partial charge in [0.25, 0.3) is 0 Å². The van der Waals surface area contributed by atoms with Gasteiger partial charge in [-0.15, -0.1) is 0 Å². The summed E-state index contributed by atoms with van der Waals surface area (Å²) in [5.41, 5.74) is 10.3. The van der Waals surface area contributed by atoms with Crippen LogP contribution in [0.2, 0.25) is 0 Å². The third-order valence-corrected chi connectivity index (χ3v) is 11.3. The van der Waals surface area contributed by atoms with Gasteiger partial charge in [0.2, 0.25) is 0 Å². The van der Waals surface area contributed by atoms with Gasteiger partial charge in [0.15, 0.2) is 17.5 Å². The van der Waals surface area contributed by atoms with Crippen LogP contribution < -0.4 is 0 Å². The van der Waals surface area contributed by atoms with Gasteiger partial charge in [-0.05, 0) is 80.0 Å². The van der Waals surface area contributed by atoms with E-state index < -0.39 is 0 Å². The molecule has 1 aliphatic carbocycles. The van der Waals surface area contributed by atoms with Crippen molar-refractivity contribution < 1.29 is 4.42 Å². The van der Waals surface area contributed by atoms with Gasteiger partial charge < -0.3 is 4.42 Å². The van der Waals surface area contributed by atoms with Crippen molar-refractivity contribution in [2.24, 2.45) is 0 Å². The zero-order chi connectivity index (χ0) is 37.7. The Hall–Kier alpha value is -7.43. The zero-order valence-corrected chi connectivity index (χ0v) is 31.0. The van der Waals surface area contributed by atoms with Gasteiger partial charge >= 0.3 is 0 Å². The number of para-hydroxylation sites is 1. The monoisotopic (exact) mass is 729 g/mol. The number of aromatic nitrogens is 3. The second-order valence-electron chi connectivity index (χ2n) is 14.7. The SMILES string of the molecule is C1=CC(c2ccc(-c3ccccc3)cc2)CC=C1c1nc(-c2ccccc2)nc(-c2cc(-c3cc4ccccc4c4ccccc34)cc3oc4ccccc4c23)n1. The highest BCUT2D eigenvalue weighted by Gasteiger charge is 2.22. The van der Waals surface area contributed by atoms with Crippen LogP contribution in [0.3, 0.4) is 0 Å². The number of fused-ring (bicyclic) bond motifs is 6. The van der Waals surface area contributed by atoms with Crippen molar-refractivity contribution in [3.8, 4) is 45.0 Å². The molecule has 0 saturated carbocycles. The lowest BCUT2D eigenvalue weighted by molar-refractivity contribution is 0.669. The van der Waals surface area contributed by atoms with Crippen molar-refractivity contribution in [1.82, 2.24) is 15.0 Å². The Bertz CT molecular complexity index is 3200. The van der Waals surface area contributed by atoms with Crippen molar-refractivity contribution in [2.45, 2.75) is 12.3 Å². The van der Waals surface area contributed by atoms with Crippen LogP contribution in [0, 0.1) is 0 Å². The molecule has 10 aromatic rings. The molecule has 2 aromatic heterocycles. The minimum absolute atomic E-state index is 0.263. The number of hydrogen-bond acceptors (Lipinski definition) is 4. The molecule has 0 saturated heterocycles. The molecule has 0 fully saturated rings. The number of hydrogen-bond donors (Lipinski definition) is 0. The van der Waals surface area contributed by atoms with E-state index in [0.717, 1.165) is 56.2 Å². The lowest BCUT2D eigenvalue weighted by atomic mass is 9.89. The van der Waals surface area contributed by atoms with Crippen LogP contribution in [0.5, 0.6) is 0 Å². The summed E-state index contributed by atoms with van der Waals surface area (Å²) in [6.45, 7) is 0. The molecule has 8 aromatic carbocycles. The maximum absolute atomic E-state index is 6.63. The summed E-state index contributed by atoms with van der Waals surface area (Å²) in [7, 11) is 0. The Kier molecular flexibility index (Phi) is 7.92. The predicted molar refractivity (Wildman–Crippen MR) is 235 cm³/mol. The summed E-state index contributed by atoms with van der Waals surface area (Å²) >= 11 is 0. The quantitative estimate of drug-likeness (QED) is 0.160. The molecule has 0 amide bonds. The number of benzene rings is 8. The first kappa shape index (κ1) is 33.0. The lowest BCUT2D eigenvalue weighted by Gasteiger charge is -2.17. The fourth-order valence-corrected chi connectivity index (χ4v) is 8.41. The van der Waals surface area contributed by atoms with Crippen LogP contribution in [0.15, 0.2) is 199 Å². The van der Waals surface area contributed by atoms with Gasteiger partial charge in [-0.2, -0.15) is 0 Å². The van der Waals surface area contributed by atoms with E-state index in [4.69, 9.17) is 19.4 Å². The summed E-state index contributed by atoms with van der Waals surface area (Å²) in [5, 5.41) is 6.83. The fraction of sp³-hybridized carbons (Fsp3) is 0.0377. The maximum atomic E-state index is 6.63. The molecule has 1 unspecified atom stereocenters. The highest BCUT2D eigenvalue weighted by atomic mass is 16.3. The second-order valence-corrected chi connectivity index (χ2v) is 14.7. The van der Waals surface area contributed by atoms with E-state index in [2.05, 4.69) is 164 Å². The van der Waals surface area contributed by atoms with Gasteiger partial charge in [-0.25, -0.2) is 15.0 Å². The van der Waals surface area contributed by atoms with Crippen LogP contribution in [0.4, 0.5) is 0 Å². The molecule has 0 aliphatic heterocycles. The molecule has 0 bridgehead atoms. The van der Waals surface area contributed by atoms with Gasteiger partial charge in [-0.3, -0.25) is 0 Å². The van der Waals surface area contributed by atoms with E-state index in [1.165, 1.54) is 38.2 Å². The maximum Gasteiger partial charge on any atom is 0.164 e. The molecule has 0 radical (unpaired) electrons. The van der Waals surface area contributed by atoms with Crippen molar-refractivity contribution in [3.63, 3.8) is 0 Å². The van der Waals surface area contributed by atoms with Gasteiger partial charge in [0.05, 0.1) is 0 Å². The van der Waals surface area contributed by atoms with E-state index in [9.17, 15) is 0 Å². The summed E-state index contributed by atoms with van der Waals surface area (Å²) < 4.78 is 6.63. The Labute approximate surface area is 330 Å². The van der Waals surface area contributed by atoms with E-state index in [1.807, 2.05) is 30.3 Å². The first-order valence-corrected chi connectivity index (χ1v) is 19.5. The first-order chi connectivity index (χ1) is 28.2. The third-order valence-electron chi connectivity index (χ3n) is 11.3. The van der Waals surface area contributed by atoms with E-state index in [1.54, 1.807) is 0 Å². The summed E-state index contributed by atoms with van der Waals surface area (Å²) in [6.07, 6.45) is 7.57.